The van der Waals surface area contributed by atoms with E-state index in [1.807, 2.05) is 31.2 Å². The third-order valence-corrected chi connectivity index (χ3v) is 8.71. The molecule has 1 aliphatic rings. The van der Waals surface area contributed by atoms with Crippen molar-refractivity contribution in [3.8, 4) is 28.0 Å². The van der Waals surface area contributed by atoms with Crippen molar-refractivity contribution in [2.75, 3.05) is 6.61 Å². The van der Waals surface area contributed by atoms with Crippen LogP contribution in [0.25, 0.3) is 22.3 Å². The molecule has 226 valence electrons. The molecule has 0 aromatic heterocycles. The van der Waals surface area contributed by atoms with Gasteiger partial charge in [0.15, 0.2) is 11.6 Å². The molecule has 0 saturated heterocycles. The van der Waals surface area contributed by atoms with Crippen LogP contribution in [-0.2, 0) is 0 Å². The van der Waals surface area contributed by atoms with Crippen molar-refractivity contribution in [1.82, 2.24) is 0 Å². The number of aliphatic hydroxyl groups is 1. The third kappa shape index (κ3) is 8.28. The lowest BCUT2D eigenvalue weighted by Gasteiger charge is -2.32. The summed E-state index contributed by atoms with van der Waals surface area (Å²) in [6.07, 6.45) is 14.7. The minimum absolute atomic E-state index is 0.101. The Morgan fingerprint density at radius 1 is 0.833 bits per heavy atom. The van der Waals surface area contributed by atoms with Crippen LogP contribution < -0.4 is 4.74 Å². The SMILES string of the molecule is C/C=C\CCOc1ccc(-c2ccc(-c3ccc(C4CCC(C(O)CCCCCCC)CC4)c(F)c3)cc2)c(F)c1F. The Morgan fingerprint density at radius 2 is 1.52 bits per heavy atom. The summed E-state index contributed by atoms with van der Waals surface area (Å²) >= 11 is 0. The van der Waals surface area contributed by atoms with Crippen molar-refractivity contribution in [2.45, 2.75) is 96.5 Å². The molecule has 2 nitrogen and oxygen atoms in total. The van der Waals surface area contributed by atoms with Gasteiger partial charge in [-0.1, -0.05) is 87.6 Å². The van der Waals surface area contributed by atoms with Crippen LogP contribution in [-0.4, -0.2) is 17.8 Å². The lowest BCUT2D eigenvalue weighted by Crippen LogP contribution is -2.25. The van der Waals surface area contributed by atoms with E-state index in [-0.39, 0.29) is 35.8 Å². The molecule has 42 heavy (non-hydrogen) atoms. The molecule has 1 fully saturated rings. The molecule has 0 amide bonds. The quantitative estimate of drug-likeness (QED) is 0.152. The van der Waals surface area contributed by atoms with Crippen LogP contribution in [0.1, 0.15) is 96.0 Å². The predicted octanol–water partition coefficient (Wildman–Crippen LogP) is 10.8. The van der Waals surface area contributed by atoms with Gasteiger partial charge < -0.3 is 9.84 Å². The third-order valence-electron chi connectivity index (χ3n) is 8.71. The van der Waals surface area contributed by atoms with Gasteiger partial charge in [0.2, 0.25) is 5.82 Å². The standard InChI is InChI=1S/C37H45F3O2/c1-3-5-7-8-9-11-34(41)29-18-16-27(17-19-29)31-21-20-30(25-33(31)38)26-12-14-28(15-13-26)32-22-23-35(37(40)36(32)39)42-24-10-6-4-2/h4,6,12-15,20-23,25,27,29,34,41H,3,5,7-11,16-19,24H2,1-2H3/b6-4-. The molecule has 0 radical (unpaired) electrons. The van der Waals surface area contributed by atoms with E-state index < -0.39 is 11.6 Å². The topological polar surface area (TPSA) is 29.5 Å². The molecule has 3 aromatic carbocycles. The van der Waals surface area contributed by atoms with Crippen LogP contribution in [0.4, 0.5) is 13.2 Å². The van der Waals surface area contributed by atoms with Crippen LogP contribution in [0.15, 0.2) is 66.7 Å². The van der Waals surface area contributed by atoms with Crippen LogP contribution >= 0.6 is 0 Å². The van der Waals surface area contributed by atoms with Crippen LogP contribution in [0.3, 0.4) is 0 Å². The van der Waals surface area contributed by atoms with Crippen molar-refractivity contribution in [2.24, 2.45) is 5.92 Å². The van der Waals surface area contributed by atoms with E-state index >= 15 is 4.39 Å². The van der Waals surface area contributed by atoms with Crippen molar-refractivity contribution in [1.29, 1.82) is 0 Å². The monoisotopic (exact) mass is 578 g/mol. The molecular formula is C37H45F3O2. The fourth-order valence-electron chi connectivity index (χ4n) is 6.16. The summed E-state index contributed by atoms with van der Waals surface area (Å²) in [7, 11) is 0. The van der Waals surface area contributed by atoms with Crippen molar-refractivity contribution in [3.63, 3.8) is 0 Å². The number of aliphatic hydroxyl groups excluding tert-OH is 1. The molecule has 0 heterocycles. The summed E-state index contributed by atoms with van der Waals surface area (Å²) in [5.41, 5.74) is 2.98. The first-order valence-electron chi connectivity index (χ1n) is 15.7. The maximum absolute atomic E-state index is 15.3. The second-order valence-corrected chi connectivity index (χ2v) is 11.6. The normalized spacial score (nSPS) is 18.0. The largest absolute Gasteiger partial charge is 0.490 e. The average molecular weight is 579 g/mol. The minimum Gasteiger partial charge on any atom is -0.490 e. The molecule has 1 atom stereocenters. The first-order chi connectivity index (χ1) is 20.4. The predicted molar refractivity (Wildman–Crippen MR) is 166 cm³/mol. The Morgan fingerprint density at radius 3 is 2.21 bits per heavy atom. The number of hydrogen-bond donors (Lipinski definition) is 1. The van der Waals surface area contributed by atoms with Gasteiger partial charge in [0.05, 0.1) is 12.7 Å². The number of benzene rings is 3. The van der Waals surface area contributed by atoms with E-state index in [1.54, 1.807) is 30.3 Å². The highest BCUT2D eigenvalue weighted by Crippen LogP contribution is 2.40. The second kappa shape index (κ2) is 16.0. The zero-order valence-corrected chi connectivity index (χ0v) is 25.1. The van der Waals surface area contributed by atoms with Gasteiger partial charge in [-0.2, -0.15) is 4.39 Å². The summed E-state index contributed by atoms with van der Waals surface area (Å²) in [6.45, 7) is 4.37. The molecule has 4 rings (SSSR count). The number of rotatable bonds is 14. The number of halogens is 3. The molecule has 1 N–H and O–H groups in total. The average Bonchev–Trinajstić information content (AvgIpc) is 3.01. The van der Waals surface area contributed by atoms with E-state index in [0.29, 0.717) is 17.9 Å². The number of unbranched alkanes of at least 4 members (excludes halogenated alkanes) is 4. The fraction of sp³-hybridized carbons (Fsp3) is 0.459. The molecule has 1 unspecified atom stereocenters. The highest BCUT2D eigenvalue weighted by Gasteiger charge is 2.28. The van der Waals surface area contributed by atoms with Crippen molar-refractivity contribution < 1.29 is 23.0 Å². The summed E-state index contributed by atoms with van der Waals surface area (Å²) in [5.74, 6) is -1.78. The Bertz CT molecular complexity index is 1290. The first-order valence-corrected chi connectivity index (χ1v) is 15.7. The van der Waals surface area contributed by atoms with Gasteiger partial charge in [0.25, 0.3) is 0 Å². The molecule has 0 spiro atoms. The van der Waals surface area contributed by atoms with Crippen LogP contribution in [0.2, 0.25) is 0 Å². The minimum atomic E-state index is -0.999. The summed E-state index contributed by atoms with van der Waals surface area (Å²) < 4.78 is 50.1. The van der Waals surface area contributed by atoms with Gasteiger partial charge in [-0.25, -0.2) is 8.78 Å². The Labute approximate surface area is 249 Å². The molecule has 1 aliphatic carbocycles. The number of ether oxygens (including phenoxy) is 1. The van der Waals surface area contributed by atoms with Crippen molar-refractivity contribution in [3.05, 3.63) is 89.8 Å². The van der Waals surface area contributed by atoms with Gasteiger partial charge in [-0.15, -0.1) is 0 Å². The maximum Gasteiger partial charge on any atom is 0.201 e. The highest BCUT2D eigenvalue weighted by molar-refractivity contribution is 5.71. The van der Waals surface area contributed by atoms with E-state index in [4.69, 9.17) is 4.74 Å². The Balaban J connectivity index is 1.35. The molecule has 5 heteroatoms. The lowest BCUT2D eigenvalue weighted by atomic mass is 9.75. The fourth-order valence-corrected chi connectivity index (χ4v) is 6.16. The molecular weight excluding hydrogens is 533 g/mol. The summed E-state index contributed by atoms with van der Waals surface area (Å²) in [6, 6.07) is 15.4. The van der Waals surface area contributed by atoms with E-state index in [9.17, 15) is 13.9 Å². The lowest BCUT2D eigenvalue weighted by molar-refractivity contribution is 0.0710. The first kappa shape index (κ1) is 31.9. The Hall–Kier alpha value is -3.05. The van der Waals surface area contributed by atoms with Crippen molar-refractivity contribution >= 4 is 0 Å². The maximum atomic E-state index is 15.3. The zero-order valence-electron chi connectivity index (χ0n) is 25.1. The van der Waals surface area contributed by atoms with Crippen LogP contribution in [0.5, 0.6) is 5.75 Å². The summed E-state index contributed by atoms with van der Waals surface area (Å²) in [4.78, 5) is 0. The van der Waals surface area contributed by atoms with E-state index in [1.165, 1.54) is 37.8 Å². The molecule has 3 aromatic rings. The van der Waals surface area contributed by atoms with Crippen LogP contribution in [0, 0.1) is 23.4 Å². The number of hydrogen-bond acceptors (Lipinski definition) is 2. The van der Waals surface area contributed by atoms with E-state index in [0.717, 1.165) is 55.2 Å². The highest BCUT2D eigenvalue weighted by atomic mass is 19.2. The Kier molecular flexibility index (Phi) is 12.1. The van der Waals surface area contributed by atoms with Gasteiger partial charge in [-0.3, -0.25) is 0 Å². The van der Waals surface area contributed by atoms with Gasteiger partial charge in [0.1, 0.15) is 5.82 Å². The molecule has 0 bridgehead atoms. The second-order valence-electron chi connectivity index (χ2n) is 11.6. The molecule has 0 aliphatic heterocycles. The van der Waals surface area contributed by atoms with Gasteiger partial charge in [0, 0.05) is 5.56 Å². The summed E-state index contributed by atoms with van der Waals surface area (Å²) in [5, 5.41) is 10.7. The molecule has 1 saturated carbocycles. The van der Waals surface area contributed by atoms with Gasteiger partial charge >= 0.3 is 0 Å². The smallest absolute Gasteiger partial charge is 0.201 e. The number of allylic oxidation sites excluding steroid dienone is 1. The zero-order chi connectivity index (χ0) is 29.9. The van der Waals surface area contributed by atoms with Gasteiger partial charge in [-0.05, 0) is 97.7 Å². The van der Waals surface area contributed by atoms with E-state index in [2.05, 4.69) is 6.92 Å².